The van der Waals surface area contributed by atoms with Crippen LogP contribution in [0.4, 0.5) is 24.5 Å². The van der Waals surface area contributed by atoms with E-state index in [1.807, 2.05) is 0 Å². The molecule has 1 N–H and O–H groups in total. The number of aromatic nitrogens is 2. The average molecular weight is 300 g/mol. The van der Waals surface area contributed by atoms with E-state index in [0.717, 1.165) is 12.1 Å². The lowest BCUT2D eigenvalue weighted by Crippen LogP contribution is -2.01. The Kier molecular flexibility index (Phi) is 3.35. The number of hydrogen-bond acceptors (Lipinski definition) is 4. The summed E-state index contributed by atoms with van der Waals surface area (Å²) in [4.78, 5) is 7.49. The summed E-state index contributed by atoms with van der Waals surface area (Å²) >= 11 is 0. The predicted octanol–water partition coefficient (Wildman–Crippen LogP) is 3.66. The Morgan fingerprint density at radius 3 is 2.64 bits per heavy atom. The number of nitriles is 1. The smallest absolute Gasteiger partial charge is 0.233 e. The van der Waals surface area contributed by atoms with Gasteiger partial charge in [-0.15, -0.1) is 0 Å². The van der Waals surface area contributed by atoms with E-state index in [4.69, 9.17) is 5.26 Å². The zero-order chi connectivity index (χ0) is 15.7. The largest absolute Gasteiger partial charge is 0.354 e. The van der Waals surface area contributed by atoms with Crippen molar-refractivity contribution >= 4 is 22.3 Å². The molecular weight excluding hydrogens is 293 g/mol. The molecule has 0 bridgehead atoms. The molecule has 0 amide bonds. The summed E-state index contributed by atoms with van der Waals surface area (Å²) in [6, 6.07) is 6.40. The molecule has 0 unspecified atom stereocenters. The fraction of sp³-hybridized carbons (Fsp3) is 0. The fourth-order valence-corrected chi connectivity index (χ4v) is 2.04. The lowest BCUT2D eigenvalue weighted by molar-refractivity contribution is 0.509. The van der Waals surface area contributed by atoms with Crippen molar-refractivity contribution in [1.82, 2.24) is 9.97 Å². The molecule has 22 heavy (non-hydrogen) atoms. The number of anilines is 2. The summed E-state index contributed by atoms with van der Waals surface area (Å²) in [7, 11) is 0. The first-order valence-electron chi connectivity index (χ1n) is 6.15. The maximum atomic E-state index is 13.9. The van der Waals surface area contributed by atoms with Gasteiger partial charge in [0.1, 0.15) is 11.6 Å². The molecule has 2 heterocycles. The van der Waals surface area contributed by atoms with Gasteiger partial charge in [-0.2, -0.15) is 9.65 Å². The van der Waals surface area contributed by atoms with Gasteiger partial charge in [0.2, 0.25) is 5.95 Å². The van der Waals surface area contributed by atoms with E-state index in [9.17, 15) is 13.2 Å². The second-order valence-corrected chi connectivity index (χ2v) is 4.41. The van der Waals surface area contributed by atoms with Gasteiger partial charge in [0.05, 0.1) is 17.4 Å². The first-order chi connectivity index (χ1) is 10.6. The van der Waals surface area contributed by atoms with Crippen LogP contribution in [0.5, 0.6) is 0 Å². The van der Waals surface area contributed by atoms with E-state index in [2.05, 4.69) is 15.3 Å². The molecule has 3 aromatic rings. The quantitative estimate of drug-likeness (QED) is 0.734. The van der Waals surface area contributed by atoms with E-state index in [0.29, 0.717) is 5.39 Å². The van der Waals surface area contributed by atoms with Gasteiger partial charge in [-0.3, -0.25) is 4.98 Å². The summed E-state index contributed by atoms with van der Waals surface area (Å²) in [5, 5.41) is 12.3. The van der Waals surface area contributed by atoms with Crippen LogP contribution in [-0.2, 0) is 0 Å². The molecule has 0 saturated carbocycles. The van der Waals surface area contributed by atoms with Crippen LogP contribution in [0.1, 0.15) is 5.56 Å². The van der Waals surface area contributed by atoms with Gasteiger partial charge >= 0.3 is 0 Å². The van der Waals surface area contributed by atoms with Crippen molar-refractivity contribution in [2.45, 2.75) is 0 Å². The van der Waals surface area contributed by atoms with E-state index in [1.165, 1.54) is 18.5 Å². The molecule has 108 valence electrons. The molecule has 0 fully saturated rings. The van der Waals surface area contributed by atoms with E-state index >= 15 is 0 Å². The third kappa shape index (κ3) is 2.31. The fourth-order valence-electron chi connectivity index (χ4n) is 2.04. The highest BCUT2D eigenvalue weighted by atomic mass is 19.2. The van der Waals surface area contributed by atoms with Crippen molar-refractivity contribution in [3.05, 3.63) is 59.8 Å². The van der Waals surface area contributed by atoms with Gasteiger partial charge < -0.3 is 5.32 Å². The third-order valence-corrected chi connectivity index (χ3v) is 3.05. The molecule has 3 rings (SSSR count). The first-order valence-corrected chi connectivity index (χ1v) is 6.15. The molecule has 0 aliphatic heterocycles. The Morgan fingerprint density at radius 1 is 1.09 bits per heavy atom. The summed E-state index contributed by atoms with van der Waals surface area (Å²) in [6.07, 6.45) is 2.80. The second kappa shape index (κ2) is 5.33. The Hall–Kier alpha value is -3.14. The van der Waals surface area contributed by atoms with Crippen LogP contribution < -0.4 is 5.32 Å². The Morgan fingerprint density at radius 2 is 1.91 bits per heavy atom. The molecule has 0 spiro atoms. The van der Waals surface area contributed by atoms with Gasteiger partial charge in [-0.05, 0) is 18.2 Å². The lowest BCUT2D eigenvalue weighted by atomic mass is 10.1. The van der Waals surface area contributed by atoms with Crippen molar-refractivity contribution in [2.24, 2.45) is 0 Å². The summed E-state index contributed by atoms with van der Waals surface area (Å²) in [6.45, 7) is 0. The van der Waals surface area contributed by atoms with Crippen molar-refractivity contribution in [2.75, 3.05) is 5.32 Å². The van der Waals surface area contributed by atoms with Crippen LogP contribution in [-0.4, -0.2) is 9.97 Å². The molecule has 4 nitrogen and oxygen atoms in total. The van der Waals surface area contributed by atoms with Crippen LogP contribution in [0.15, 0.2) is 36.7 Å². The van der Waals surface area contributed by atoms with Crippen LogP contribution in [0, 0.1) is 28.9 Å². The Labute approximate surface area is 122 Å². The number of fused-ring (bicyclic) bond motifs is 1. The normalized spacial score (nSPS) is 10.5. The maximum Gasteiger partial charge on any atom is 0.233 e. The predicted molar refractivity (Wildman–Crippen MR) is 73.9 cm³/mol. The van der Waals surface area contributed by atoms with Gasteiger partial charge in [0.15, 0.2) is 11.6 Å². The highest BCUT2D eigenvalue weighted by Crippen LogP contribution is 2.30. The zero-order valence-electron chi connectivity index (χ0n) is 10.9. The molecule has 0 aliphatic rings. The number of rotatable bonds is 2. The standard InChI is InChI=1S/C15H7F3N4/c16-11-2-1-8(5-12(11)17)21-14-9-3-4-20-7-13(9)22-15(18)10(14)6-19/h1-5,7H,(H,21,22). The van der Waals surface area contributed by atoms with Crippen LogP contribution in [0.25, 0.3) is 10.9 Å². The number of nitrogens with zero attached hydrogens (tertiary/aromatic N) is 3. The topological polar surface area (TPSA) is 61.6 Å². The lowest BCUT2D eigenvalue weighted by Gasteiger charge is -2.12. The molecule has 2 aromatic heterocycles. The van der Waals surface area contributed by atoms with Crippen molar-refractivity contribution < 1.29 is 13.2 Å². The van der Waals surface area contributed by atoms with Crippen molar-refractivity contribution in [3.8, 4) is 6.07 Å². The SMILES string of the molecule is N#Cc1c(F)nc2cnccc2c1Nc1ccc(F)c(F)c1. The third-order valence-electron chi connectivity index (χ3n) is 3.05. The summed E-state index contributed by atoms with van der Waals surface area (Å²) in [5.41, 5.74) is 0.227. The van der Waals surface area contributed by atoms with Crippen LogP contribution in [0.3, 0.4) is 0 Å². The second-order valence-electron chi connectivity index (χ2n) is 4.41. The van der Waals surface area contributed by atoms with E-state index < -0.39 is 17.6 Å². The molecule has 0 radical (unpaired) electrons. The Balaban J connectivity index is 2.20. The molecule has 1 aromatic carbocycles. The van der Waals surface area contributed by atoms with Gasteiger partial charge in [0, 0.05) is 23.3 Å². The molecule has 0 atom stereocenters. The molecule has 0 saturated heterocycles. The number of hydrogen-bond donors (Lipinski definition) is 1. The van der Waals surface area contributed by atoms with Crippen LogP contribution >= 0.6 is 0 Å². The minimum atomic E-state index is -1.05. The van der Waals surface area contributed by atoms with Crippen molar-refractivity contribution in [1.29, 1.82) is 5.26 Å². The van der Waals surface area contributed by atoms with Gasteiger partial charge in [-0.25, -0.2) is 13.8 Å². The van der Waals surface area contributed by atoms with Gasteiger partial charge in [0.25, 0.3) is 0 Å². The maximum absolute atomic E-state index is 13.9. The monoisotopic (exact) mass is 300 g/mol. The Bertz CT molecular complexity index is 919. The van der Waals surface area contributed by atoms with E-state index in [-0.39, 0.29) is 22.5 Å². The number of halogens is 3. The summed E-state index contributed by atoms with van der Waals surface area (Å²) < 4.78 is 40.1. The number of benzene rings is 1. The first kappa shape index (κ1) is 13.8. The summed E-state index contributed by atoms with van der Waals surface area (Å²) in [5.74, 6) is -3.02. The highest BCUT2D eigenvalue weighted by molar-refractivity contribution is 5.95. The van der Waals surface area contributed by atoms with E-state index in [1.54, 1.807) is 12.1 Å². The minimum absolute atomic E-state index is 0.124. The molecular formula is C15H7F3N4. The van der Waals surface area contributed by atoms with Crippen molar-refractivity contribution in [3.63, 3.8) is 0 Å². The highest BCUT2D eigenvalue weighted by Gasteiger charge is 2.16. The average Bonchev–Trinajstić information content (AvgIpc) is 2.51. The number of nitrogens with one attached hydrogen (secondary N) is 1. The van der Waals surface area contributed by atoms with Gasteiger partial charge in [-0.1, -0.05) is 0 Å². The molecule has 0 aliphatic carbocycles. The van der Waals surface area contributed by atoms with Crippen LogP contribution in [0.2, 0.25) is 0 Å². The number of pyridine rings is 2. The minimum Gasteiger partial charge on any atom is -0.354 e. The zero-order valence-corrected chi connectivity index (χ0v) is 10.9. The molecule has 7 heteroatoms.